The van der Waals surface area contributed by atoms with Crippen LogP contribution in [0.3, 0.4) is 0 Å². The first-order chi connectivity index (χ1) is 9.76. The van der Waals surface area contributed by atoms with Crippen molar-refractivity contribution in [2.75, 3.05) is 13.2 Å². The van der Waals surface area contributed by atoms with E-state index in [1.807, 2.05) is 13.0 Å². The summed E-state index contributed by atoms with van der Waals surface area (Å²) in [6.45, 7) is 5.55. The maximum atomic E-state index is 11.5. The van der Waals surface area contributed by atoms with Crippen molar-refractivity contribution in [3.05, 3.63) is 12.3 Å². The van der Waals surface area contributed by atoms with Gasteiger partial charge in [-0.15, -0.1) is 0 Å². The first kappa shape index (κ1) is 17.1. The van der Waals surface area contributed by atoms with E-state index in [0.717, 1.165) is 38.7 Å². The van der Waals surface area contributed by atoms with Crippen LogP contribution in [0.1, 0.15) is 65.2 Å². The first-order valence-electron chi connectivity index (χ1n) is 8.14. The number of ether oxygens (including phenoxy) is 2. The zero-order valence-corrected chi connectivity index (χ0v) is 13.1. The van der Waals surface area contributed by atoms with Crippen LogP contribution in [0, 0.1) is 11.8 Å². The van der Waals surface area contributed by atoms with Crippen LogP contribution >= 0.6 is 0 Å². The molecule has 0 saturated heterocycles. The van der Waals surface area contributed by atoms with E-state index in [0.29, 0.717) is 24.9 Å². The molecule has 3 heteroatoms. The van der Waals surface area contributed by atoms with Crippen molar-refractivity contribution in [1.29, 1.82) is 0 Å². The van der Waals surface area contributed by atoms with Gasteiger partial charge in [-0.2, -0.15) is 0 Å². The summed E-state index contributed by atoms with van der Waals surface area (Å²) in [5, 5.41) is 0. The van der Waals surface area contributed by atoms with E-state index in [1.54, 1.807) is 6.26 Å². The van der Waals surface area contributed by atoms with Gasteiger partial charge in [0.05, 0.1) is 19.5 Å². The number of carbonyl (C=O) groups is 1. The Morgan fingerprint density at radius 1 is 1.10 bits per heavy atom. The quantitative estimate of drug-likeness (QED) is 0.356. The number of allylic oxidation sites excluding steroid dienone is 1. The van der Waals surface area contributed by atoms with E-state index in [4.69, 9.17) is 9.47 Å². The molecule has 0 amide bonds. The van der Waals surface area contributed by atoms with Crippen molar-refractivity contribution in [2.24, 2.45) is 11.8 Å². The van der Waals surface area contributed by atoms with Gasteiger partial charge in [0.1, 0.15) is 0 Å². The lowest BCUT2D eigenvalue weighted by Gasteiger charge is -2.27. The van der Waals surface area contributed by atoms with Crippen LogP contribution in [0.25, 0.3) is 0 Å². The molecule has 0 aromatic rings. The second-order valence-electron chi connectivity index (χ2n) is 5.83. The molecule has 0 aliphatic heterocycles. The van der Waals surface area contributed by atoms with E-state index in [-0.39, 0.29) is 5.97 Å². The van der Waals surface area contributed by atoms with Crippen molar-refractivity contribution >= 4 is 5.97 Å². The Bertz CT molecular complexity index is 278. The molecule has 1 aliphatic carbocycles. The molecular formula is C17H30O3. The number of carbonyl (C=O) groups excluding carboxylic acids is 1. The van der Waals surface area contributed by atoms with Gasteiger partial charge in [0, 0.05) is 6.42 Å². The number of unbranched alkanes of at least 4 members (excludes halogenated alkanes) is 2. The largest absolute Gasteiger partial charge is 0.501 e. The fourth-order valence-corrected chi connectivity index (χ4v) is 2.65. The summed E-state index contributed by atoms with van der Waals surface area (Å²) in [6, 6.07) is 0. The molecule has 116 valence electrons. The third-order valence-electron chi connectivity index (χ3n) is 4.00. The highest BCUT2D eigenvalue weighted by Gasteiger charge is 2.22. The molecule has 0 aromatic heterocycles. The highest BCUT2D eigenvalue weighted by atomic mass is 16.5. The number of esters is 1. The van der Waals surface area contributed by atoms with E-state index in [2.05, 4.69) is 6.92 Å². The summed E-state index contributed by atoms with van der Waals surface area (Å²) < 4.78 is 10.8. The Labute approximate surface area is 123 Å². The molecule has 1 aliphatic rings. The third-order valence-corrected chi connectivity index (χ3v) is 4.00. The van der Waals surface area contributed by atoms with Gasteiger partial charge in [-0.05, 0) is 50.9 Å². The smallest absolute Gasteiger partial charge is 0.305 e. The number of hydrogen-bond acceptors (Lipinski definition) is 3. The topological polar surface area (TPSA) is 35.5 Å². The molecule has 0 unspecified atom stereocenters. The summed E-state index contributed by atoms with van der Waals surface area (Å²) in [4.78, 5) is 11.5. The summed E-state index contributed by atoms with van der Waals surface area (Å²) in [5.74, 6) is 1.21. The fourth-order valence-electron chi connectivity index (χ4n) is 2.65. The molecule has 0 bridgehead atoms. The lowest BCUT2D eigenvalue weighted by atomic mass is 9.83. The van der Waals surface area contributed by atoms with Gasteiger partial charge in [0.25, 0.3) is 0 Å². The second kappa shape index (κ2) is 10.8. The van der Waals surface area contributed by atoms with Crippen LogP contribution in [-0.4, -0.2) is 19.2 Å². The minimum absolute atomic E-state index is 0.0167. The zero-order valence-electron chi connectivity index (χ0n) is 13.1. The summed E-state index contributed by atoms with van der Waals surface area (Å²) >= 11 is 0. The van der Waals surface area contributed by atoms with Crippen molar-refractivity contribution in [3.63, 3.8) is 0 Å². The minimum atomic E-state index is -0.0167. The summed E-state index contributed by atoms with van der Waals surface area (Å²) in [7, 11) is 0. The van der Waals surface area contributed by atoms with Crippen LogP contribution in [0.15, 0.2) is 12.3 Å². The highest BCUT2D eigenvalue weighted by molar-refractivity contribution is 5.69. The zero-order chi connectivity index (χ0) is 14.6. The van der Waals surface area contributed by atoms with Gasteiger partial charge in [0.15, 0.2) is 0 Å². The molecule has 0 aromatic carbocycles. The molecule has 0 N–H and O–H groups in total. The van der Waals surface area contributed by atoms with Gasteiger partial charge in [-0.25, -0.2) is 0 Å². The molecule has 0 heterocycles. The van der Waals surface area contributed by atoms with Gasteiger partial charge < -0.3 is 9.47 Å². The third kappa shape index (κ3) is 7.56. The Kier molecular flexibility index (Phi) is 9.18. The van der Waals surface area contributed by atoms with Crippen LogP contribution in [0.4, 0.5) is 0 Å². The van der Waals surface area contributed by atoms with Gasteiger partial charge >= 0.3 is 5.97 Å². The predicted molar refractivity (Wildman–Crippen MR) is 81.3 cm³/mol. The first-order valence-corrected chi connectivity index (χ1v) is 8.14. The van der Waals surface area contributed by atoms with Crippen molar-refractivity contribution in [3.8, 4) is 0 Å². The summed E-state index contributed by atoms with van der Waals surface area (Å²) in [5.41, 5.74) is 0. The van der Waals surface area contributed by atoms with Gasteiger partial charge in [-0.3, -0.25) is 4.79 Å². The normalized spacial score (nSPS) is 22.9. The standard InChI is InChI=1S/C17H30O3/c1-3-5-6-7-17(18)20-14-16-10-8-15(9-11-16)13-19-12-4-2/h4,12,15-16H,3,5-11,13-14H2,1-2H3/b12-4+. The molecule has 0 radical (unpaired) electrons. The van der Waals surface area contributed by atoms with E-state index in [9.17, 15) is 4.79 Å². The van der Waals surface area contributed by atoms with E-state index in [1.165, 1.54) is 12.8 Å². The Morgan fingerprint density at radius 2 is 1.75 bits per heavy atom. The molecule has 3 nitrogen and oxygen atoms in total. The maximum absolute atomic E-state index is 11.5. The van der Waals surface area contributed by atoms with E-state index >= 15 is 0 Å². The van der Waals surface area contributed by atoms with Crippen LogP contribution in [0.2, 0.25) is 0 Å². The van der Waals surface area contributed by atoms with Crippen LogP contribution in [-0.2, 0) is 14.3 Å². The lowest BCUT2D eigenvalue weighted by molar-refractivity contribution is -0.145. The monoisotopic (exact) mass is 282 g/mol. The van der Waals surface area contributed by atoms with Gasteiger partial charge in [0.2, 0.25) is 0 Å². The average molecular weight is 282 g/mol. The fraction of sp³-hybridized carbons (Fsp3) is 0.824. The second-order valence-corrected chi connectivity index (χ2v) is 5.83. The maximum Gasteiger partial charge on any atom is 0.305 e. The number of hydrogen-bond donors (Lipinski definition) is 0. The Hall–Kier alpha value is -0.990. The van der Waals surface area contributed by atoms with Crippen molar-refractivity contribution in [2.45, 2.75) is 65.2 Å². The molecular weight excluding hydrogens is 252 g/mol. The molecule has 0 atom stereocenters. The SMILES string of the molecule is C/C=C/OCC1CCC(COC(=O)CCCCC)CC1. The molecule has 0 spiro atoms. The van der Waals surface area contributed by atoms with Crippen molar-refractivity contribution in [1.82, 2.24) is 0 Å². The predicted octanol–water partition coefficient (Wildman–Crippen LogP) is 4.47. The minimum Gasteiger partial charge on any atom is -0.501 e. The molecule has 1 rings (SSSR count). The average Bonchev–Trinajstić information content (AvgIpc) is 2.47. The van der Waals surface area contributed by atoms with Crippen LogP contribution < -0.4 is 0 Å². The lowest BCUT2D eigenvalue weighted by Crippen LogP contribution is -2.22. The van der Waals surface area contributed by atoms with Crippen LogP contribution in [0.5, 0.6) is 0 Å². The van der Waals surface area contributed by atoms with Gasteiger partial charge in [-0.1, -0.05) is 25.8 Å². The summed E-state index contributed by atoms with van der Waals surface area (Å²) in [6.07, 6.45) is 12.2. The molecule has 1 fully saturated rings. The number of rotatable bonds is 9. The van der Waals surface area contributed by atoms with Crippen molar-refractivity contribution < 1.29 is 14.3 Å². The molecule has 1 saturated carbocycles. The Morgan fingerprint density at radius 3 is 2.35 bits per heavy atom. The molecule has 20 heavy (non-hydrogen) atoms. The Balaban J connectivity index is 2.05. The highest BCUT2D eigenvalue weighted by Crippen LogP contribution is 2.29. The van der Waals surface area contributed by atoms with E-state index < -0.39 is 0 Å².